The van der Waals surface area contributed by atoms with E-state index >= 15 is 0 Å². The first kappa shape index (κ1) is 15.0. The molecule has 1 amide bonds. The number of nitrogens with one attached hydrogen (secondary N) is 1. The van der Waals surface area contributed by atoms with Crippen LogP contribution in [0.2, 0.25) is 0 Å². The molecule has 0 saturated carbocycles. The lowest BCUT2D eigenvalue weighted by Gasteiger charge is -2.38. The number of rotatable bonds is 2. The normalized spacial score (nSPS) is 17.3. The summed E-state index contributed by atoms with van der Waals surface area (Å²) in [4.78, 5) is 18.7. The number of fused-ring (bicyclic) bond motifs is 3. The fourth-order valence-corrected chi connectivity index (χ4v) is 3.94. The molecule has 0 spiro atoms. The number of para-hydroxylation sites is 1. The highest BCUT2D eigenvalue weighted by molar-refractivity contribution is 5.95. The number of hydrogen-bond acceptors (Lipinski definition) is 1. The van der Waals surface area contributed by atoms with Crippen LogP contribution >= 0.6 is 0 Å². The highest BCUT2D eigenvalue weighted by Gasteiger charge is 2.35. The zero-order valence-electron chi connectivity index (χ0n) is 14.1. The van der Waals surface area contributed by atoms with Gasteiger partial charge >= 0.3 is 0 Å². The molecule has 3 nitrogen and oxygen atoms in total. The molecular weight excluding hydrogens is 296 g/mol. The molecule has 2 aromatic carbocycles. The van der Waals surface area contributed by atoms with Crippen LogP contribution in [0.3, 0.4) is 0 Å². The van der Waals surface area contributed by atoms with E-state index in [0.717, 1.165) is 18.5 Å². The Kier molecular flexibility index (Phi) is 3.64. The van der Waals surface area contributed by atoms with Crippen LogP contribution in [0.5, 0.6) is 0 Å². The van der Waals surface area contributed by atoms with Gasteiger partial charge in [-0.25, -0.2) is 0 Å². The van der Waals surface area contributed by atoms with Crippen LogP contribution in [-0.2, 0) is 6.42 Å². The Morgan fingerprint density at radius 2 is 1.79 bits per heavy atom. The standard InChI is InChI=1S/C21H22N2O/c1-14(2)20-19-17(16-10-6-7-11-18(16)22-19)12-13-23(20)21(24)15-8-4-3-5-9-15/h3-11,14,20,22H,12-13H2,1-2H3/t20-/m1/s1. The highest BCUT2D eigenvalue weighted by atomic mass is 16.2. The van der Waals surface area contributed by atoms with E-state index in [1.165, 1.54) is 22.2 Å². The van der Waals surface area contributed by atoms with Gasteiger partial charge < -0.3 is 9.88 Å². The number of aromatic amines is 1. The van der Waals surface area contributed by atoms with Gasteiger partial charge in [-0.15, -0.1) is 0 Å². The maximum atomic E-state index is 13.1. The maximum Gasteiger partial charge on any atom is 0.254 e. The molecule has 0 saturated heterocycles. The smallest absolute Gasteiger partial charge is 0.254 e. The van der Waals surface area contributed by atoms with E-state index in [1.807, 2.05) is 35.2 Å². The fourth-order valence-electron chi connectivity index (χ4n) is 3.94. The molecule has 1 aromatic heterocycles. The van der Waals surface area contributed by atoms with Crippen LogP contribution in [0.25, 0.3) is 10.9 Å². The molecule has 1 aliphatic rings. The summed E-state index contributed by atoms with van der Waals surface area (Å²) in [5.74, 6) is 0.475. The number of aromatic nitrogens is 1. The minimum Gasteiger partial charge on any atom is -0.356 e. The Balaban J connectivity index is 1.79. The summed E-state index contributed by atoms with van der Waals surface area (Å²) < 4.78 is 0. The molecule has 0 radical (unpaired) electrons. The predicted octanol–water partition coefficient (Wildman–Crippen LogP) is 4.56. The number of H-pyrrole nitrogens is 1. The third kappa shape index (κ3) is 2.32. The molecule has 0 unspecified atom stereocenters. The maximum absolute atomic E-state index is 13.1. The Morgan fingerprint density at radius 3 is 2.54 bits per heavy atom. The van der Waals surface area contributed by atoms with Gasteiger partial charge in [-0.1, -0.05) is 50.2 Å². The van der Waals surface area contributed by atoms with Gasteiger partial charge in [0.2, 0.25) is 0 Å². The first-order valence-corrected chi connectivity index (χ1v) is 8.62. The van der Waals surface area contributed by atoms with Gasteiger partial charge in [-0.05, 0) is 36.1 Å². The van der Waals surface area contributed by atoms with E-state index in [4.69, 9.17) is 0 Å². The van der Waals surface area contributed by atoms with Crippen molar-refractivity contribution in [3.63, 3.8) is 0 Å². The molecule has 0 fully saturated rings. The van der Waals surface area contributed by atoms with Crippen LogP contribution in [0.1, 0.15) is 41.5 Å². The lowest BCUT2D eigenvalue weighted by Crippen LogP contribution is -2.42. The number of hydrogen-bond donors (Lipinski definition) is 1. The summed E-state index contributed by atoms with van der Waals surface area (Å²) in [5.41, 5.74) is 4.52. The SMILES string of the molecule is CC(C)[C@@H]1c2[nH]c3ccccc3c2CCN1C(=O)c1ccccc1. The average Bonchev–Trinajstić information content (AvgIpc) is 2.99. The highest BCUT2D eigenvalue weighted by Crippen LogP contribution is 2.38. The van der Waals surface area contributed by atoms with Crippen LogP contribution in [0.4, 0.5) is 0 Å². The molecule has 4 rings (SSSR count). The molecule has 0 bridgehead atoms. The van der Waals surface area contributed by atoms with E-state index in [0.29, 0.717) is 5.92 Å². The lowest BCUT2D eigenvalue weighted by molar-refractivity contribution is 0.0598. The molecule has 3 heteroatoms. The molecule has 3 aromatic rings. The van der Waals surface area contributed by atoms with E-state index < -0.39 is 0 Å². The molecule has 122 valence electrons. The van der Waals surface area contributed by atoms with Gasteiger partial charge in [0, 0.05) is 28.7 Å². The molecule has 1 N–H and O–H groups in total. The lowest BCUT2D eigenvalue weighted by atomic mass is 9.90. The van der Waals surface area contributed by atoms with E-state index in [9.17, 15) is 4.79 Å². The van der Waals surface area contributed by atoms with Crippen molar-refractivity contribution < 1.29 is 4.79 Å². The second kappa shape index (κ2) is 5.82. The number of carbonyl (C=O) groups is 1. The molecule has 0 aliphatic carbocycles. The minimum atomic E-state index is 0.0915. The van der Waals surface area contributed by atoms with Crippen molar-refractivity contribution in [1.82, 2.24) is 9.88 Å². The molecule has 2 heterocycles. The average molecular weight is 318 g/mol. The second-order valence-electron chi connectivity index (χ2n) is 6.87. The van der Waals surface area contributed by atoms with Crippen LogP contribution in [-0.4, -0.2) is 22.3 Å². The Bertz CT molecular complexity index is 879. The van der Waals surface area contributed by atoms with Crippen LogP contribution in [0, 0.1) is 5.92 Å². The van der Waals surface area contributed by atoms with Crippen molar-refractivity contribution in [2.75, 3.05) is 6.54 Å². The van der Waals surface area contributed by atoms with Gasteiger partial charge in [0.1, 0.15) is 0 Å². The van der Waals surface area contributed by atoms with Gasteiger partial charge in [-0.3, -0.25) is 4.79 Å². The molecule has 24 heavy (non-hydrogen) atoms. The van der Waals surface area contributed by atoms with E-state index in [1.54, 1.807) is 0 Å². The number of nitrogens with zero attached hydrogens (tertiary/aromatic N) is 1. The summed E-state index contributed by atoms with van der Waals surface area (Å²) in [6, 6.07) is 18.1. The van der Waals surface area contributed by atoms with Crippen molar-refractivity contribution >= 4 is 16.8 Å². The van der Waals surface area contributed by atoms with Crippen molar-refractivity contribution in [2.24, 2.45) is 5.92 Å². The largest absolute Gasteiger partial charge is 0.356 e. The molecule has 1 atom stereocenters. The Labute approximate surface area is 142 Å². The fraction of sp³-hybridized carbons (Fsp3) is 0.286. The number of benzene rings is 2. The van der Waals surface area contributed by atoms with Gasteiger partial charge in [-0.2, -0.15) is 0 Å². The van der Waals surface area contributed by atoms with Crippen molar-refractivity contribution in [3.05, 3.63) is 71.4 Å². The quantitative estimate of drug-likeness (QED) is 0.738. The topological polar surface area (TPSA) is 36.1 Å². The Morgan fingerprint density at radius 1 is 1.08 bits per heavy atom. The monoisotopic (exact) mass is 318 g/mol. The molecule has 1 aliphatic heterocycles. The summed E-state index contributed by atoms with van der Waals surface area (Å²) >= 11 is 0. The van der Waals surface area contributed by atoms with E-state index in [-0.39, 0.29) is 11.9 Å². The predicted molar refractivity (Wildman–Crippen MR) is 97.1 cm³/mol. The van der Waals surface area contributed by atoms with Gasteiger partial charge in [0.15, 0.2) is 0 Å². The second-order valence-corrected chi connectivity index (χ2v) is 6.87. The van der Waals surface area contributed by atoms with Crippen LogP contribution in [0.15, 0.2) is 54.6 Å². The Hall–Kier alpha value is -2.55. The third-order valence-electron chi connectivity index (χ3n) is 4.99. The van der Waals surface area contributed by atoms with E-state index in [2.05, 4.69) is 43.1 Å². The summed E-state index contributed by atoms with van der Waals surface area (Å²) in [6.07, 6.45) is 0.904. The summed E-state index contributed by atoms with van der Waals surface area (Å²) in [7, 11) is 0. The zero-order chi connectivity index (χ0) is 16.7. The van der Waals surface area contributed by atoms with Crippen molar-refractivity contribution in [1.29, 1.82) is 0 Å². The minimum absolute atomic E-state index is 0.0915. The zero-order valence-corrected chi connectivity index (χ0v) is 14.1. The first-order valence-electron chi connectivity index (χ1n) is 8.62. The third-order valence-corrected chi connectivity index (χ3v) is 4.99. The number of amides is 1. The van der Waals surface area contributed by atoms with Gasteiger partial charge in [0.25, 0.3) is 5.91 Å². The molecular formula is C21H22N2O. The van der Waals surface area contributed by atoms with Crippen molar-refractivity contribution in [3.8, 4) is 0 Å². The summed E-state index contributed by atoms with van der Waals surface area (Å²) in [5, 5.41) is 1.30. The van der Waals surface area contributed by atoms with Crippen molar-refractivity contribution in [2.45, 2.75) is 26.3 Å². The first-order chi connectivity index (χ1) is 11.7. The van der Waals surface area contributed by atoms with Crippen LogP contribution < -0.4 is 0 Å². The summed E-state index contributed by atoms with van der Waals surface area (Å²) in [6.45, 7) is 5.15. The van der Waals surface area contributed by atoms with Gasteiger partial charge in [0.05, 0.1) is 6.04 Å². The number of carbonyl (C=O) groups excluding carboxylic acids is 1.